The van der Waals surface area contributed by atoms with Crippen molar-refractivity contribution in [3.05, 3.63) is 30.0 Å². The third kappa shape index (κ3) is 2.18. The minimum absolute atomic E-state index is 0.0598. The second kappa shape index (κ2) is 4.44. The SMILES string of the molecule is Cc1ccc2[nH]c(-c3n[nH]cc3NC(=O)C3CC3)nc2c1. The summed E-state index contributed by atoms with van der Waals surface area (Å²) >= 11 is 0. The molecule has 0 spiro atoms. The molecule has 0 bridgehead atoms. The van der Waals surface area contributed by atoms with Crippen LogP contribution in [0.4, 0.5) is 5.69 Å². The molecule has 0 unspecified atom stereocenters. The van der Waals surface area contributed by atoms with Gasteiger partial charge in [-0.05, 0) is 37.5 Å². The van der Waals surface area contributed by atoms with Crippen LogP contribution in [0.3, 0.4) is 0 Å². The molecule has 4 rings (SSSR count). The first-order valence-electron chi connectivity index (χ1n) is 7.02. The molecule has 3 aromatic rings. The number of carbonyl (C=O) groups excluding carboxylic acids is 1. The minimum Gasteiger partial charge on any atom is -0.337 e. The predicted octanol–water partition coefficient (Wildman–Crippen LogP) is 2.61. The van der Waals surface area contributed by atoms with Crippen LogP contribution in [-0.4, -0.2) is 26.1 Å². The molecule has 1 aliphatic carbocycles. The first kappa shape index (κ1) is 12.1. The second-order valence-corrected chi connectivity index (χ2v) is 5.52. The fourth-order valence-electron chi connectivity index (χ4n) is 2.37. The van der Waals surface area contributed by atoms with Crippen molar-refractivity contribution < 1.29 is 4.79 Å². The van der Waals surface area contributed by atoms with Gasteiger partial charge in [-0.25, -0.2) is 4.98 Å². The molecule has 0 saturated heterocycles. The first-order chi connectivity index (χ1) is 10.2. The van der Waals surface area contributed by atoms with Crippen molar-refractivity contribution >= 4 is 22.6 Å². The van der Waals surface area contributed by atoms with E-state index < -0.39 is 0 Å². The lowest BCUT2D eigenvalue weighted by atomic mass is 10.2. The molecule has 0 radical (unpaired) electrons. The zero-order chi connectivity index (χ0) is 14.4. The normalized spacial score (nSPS) is 14.5. The Labute approximate surface area is 121 Å². The summed E-state index contributed by atoms with van der Waals surface area (Å²) in [6, 6.07) is 6.05. The number of nitrogens with one attached hydrogen (secondary N) is 3. The maximum absolute atomic E-state index is 11.9. The van der Waals surface area contributed by atoms with Crippen molar-refractivity contribution in [1.82, 2.24) is 20.2 Å². The molecule has 2 aromatic heterocycles. The quantitative estimate of drug-likeness (QED) is 0.689. The van der Waals surface area contributed by atoms with Gasteiger partial charge in [0.25, 0.3) is 0 Å². The van der Waals surface area contributed by atoms with Gasteiger partial charge in [-0.15, -0.1) is 0 Å². The van der Waals surface area contributed by atoms with Gasteiger partial charge in [0, 0.05) is 12.1 Å². The number of hydrogen-bond acceptors (Lipinski definition) is 3. The lowest BCUT2D eigenvalue weighted by Gasteiger charge is -2.02. The fourth-order valence-corrected chi connectivity index (χ4v) is 2.37. The smallest absolute Gasteiger partial charge is 0.227 e. The van der Waals surface area contributed by atoms with Crippen LogP contribution in [0.2, 0.25) is 0 Å². The van der Waals surface area contributed by atoms with E-state index in [0.717, 1.165) is 29.4 Å². The number of hydrogen-bond donors (Lipinski definition) is 3. The number of rotatable bonds is 3. The number of benzene rings is 1. The van der Waals surface area contributed by atoms with Crippen molar-refractivity contribution in [2.75, 3.05) is 5.32 Å². The molecule has 2 heterocycles. The van der Waals surface area contributed by atoms with Gasteiger partial charge in [0.15, 0.2) is 11.5 Å². The summed E-state index contributed by atoms with van der Waals surface area (Å²) < 4.78 is 0. The second-order valence-electron chi connectivity index (χ2n) is 5.52. The van der Waals surface area contributed by atoms with Gasteiger partial charge in [0.05, 0.1) is 16.7 Å². The van der Waals surface area contributed by atoms with E-state index in [1.807, 2.05) is 25.1 Å². The zero-order valence-electron chi connectivity index (χ0n) is 11.6. The number of nitrogens with zero attached hydrogens (tertiary/aromatic N) is 2. The summed E-state index contributed by atoms with van der Waals surface area (Å²) in [5.74, 6) is 0.874. The molecule has 1 fully saturated rings. The van der Waals surface area contributed by atoms with E-state index in [-0.39, 0.29) is 11.8 Å². The van der Waals surface area contributed by atoms with E-state index in [1.54, 1.807) is 6.20 Å². The molecule has 6 heteroatoms. The molecule has 3 N–H and O–H groups in total. The average molecular weight is 281 g/mol. The summed E-state index contributed by atoms with van der Waals surface area (Å²) in [7, 11) is 0. The van der Waals surface area contributed by atoms with Gasteiger partial charge < -0.3 is 10.3 Å². The Balaban J connectivity index is 1.71. The number of anilines is 1. The molecule has 1 aliphatic rings. The van der Waals surface area contributed by atoms with Gasteiger partial charge in [-0.1, -0.05) is 6.07 Å². The van der Waals surface area contributed by atoms with Gasteiger partial charge >= 0.3 is 0 Å². The highest BCUT2D eigenvalue weighted by Crippen LogP contribution is 2.32. The standard InChI is InChI=1S/C15H15N5O/c1-8-2-5-10-11(6-8)18-14(17-10)13-12(7-16-20-13)19-15(21)9-3-4-9/h2,5-7,9H,3-4H2,1H3,(H,16,20)(H,17,18)(H,19,21). The maximum Gasteiger partial charge on any atom is 0.227 e. The van der Waals surface area contributed by atoms with Crippen LogP contribution in [0.15, 0.2) is 24.4 Å². The molecular formula is C15H15N5O. The molecule has 0 atom stereocenters. The number of H-pyrrole nitrogens is 2. The van der Waals surface area contributed by atoms with Gasteiger partial charge in [-0.2, -0.15) is 5.10 Å². The van der Waals surface area contributed by atoms with Crippen LogP contribution in [0.5, 0.6) is 0 Å². The predicted molar refractivity (Wildman–Crippen MR) is 79.8 cm³/mol. The molecule has 0 aliphatic heterocycles. The van der Waals surface area contributed by atoms with Crippen molar-refractivity contribution in [2.45, 2.75) is 19.8 Å². The van der Waals surface area contributed by atoms with E-state index in [0.29, 0.717) is 17.2 Å². The van der Waals surface area contributed by atoms with Crippen LogP contribution in [0.1, 0.15) is 18.4 Å². The number of amides is 1. The van der Waals surface area contributed by atoms with Crippen molar-refractivity contribution in [3.63, 3.8) is 0 Å². The Morgan fingerprint density at radius 1 is 1.38 bits per heavy atom. The molecule has 1 aromatic carbocycles. The Morgan fingerprint density at radius 2 is 2.24 bits per heavy atom. The summed E-state index contributed by atoms with van der Waals surface area (Å²) in [6.45, 7) is 2.03. The molecule has 21 heavy (non-hydrogen) atoms. The highest BCUT2D eigenvalue weighted by molar-refractivity contribution is 5.97. The maximum atomic E-state index is 11.9. The van der Waals surface area contributed by atoms with Crippen LogP contribution >= 0.6 is 0 Å². The lowest BCUT2D eigenvalue weighted by Crippen LogP contribution is -2.13. The largest absolute Gasteiger partial charge is 0.337 e. The molecule has 6 nitrogen and oxygen atoms in total. The van der Waals surface area contributed by atoms with E-state index in [2.05, 4.69) is 25.5 Å². The minimum atomic E-state index is 0.0598. The lowest BCUT2D eigenvalue weighted by molar-refractivity contribution is -0.117. The molecule has 1 saturated carbocycles. The summed E-state index contributed by atoms with van der Waals surface area (Å²) in [5.41, 5.74) is 4.32. The topological polar surface area (TPSA) is 86.5 Å². The first-order valence-corrected chi connectivity index (χ1v) is 7.02. The van der Waals surface area contributed by atoms with E-state index in [9.17, 15) is 4.79 Å². The van der Waals surface area contributed by atoms with Crippen molar-refractivity contribution in [1.29, 1.82) is 0 Å². The van der Waals surface area contributed by atoms with E-state index >= 15 is 0 Å². The fraction of sp³-hybridized carbons (Fsp3) is 0.267. The number of carbonyl (C=O) groups is 1. The number of fused-ring (bicyclic) bond motifs is 1. The zero-order valence-corrected chi connectivity index (χ0v) is 11.6. The van der Waals surface area contributed by atoms with Gasteiger partial charge in [-0.3, -0.25) is 9.89 Å². The Kier molecular flexibility index (Phi) is 2.57. The van der Waals surface area contributed by atoms with Crippen LogP contribution in [-0.2, 0) is 4.79 Å². The van der Waals surface area contributed by atoms with Crippen LogP contribution in [0.25, 0.3) is 22.6 Å². The third-order valence-electron chi connectivity index (χ3n) is 3.71. The Hall–Kier alpha value is -2.63. The van der Waals surface area contributed by atoms with Crippen LogP contribution in [0, 0.1) is 12.8 Å². The molecular weight excluding hydrogens is 266 g/mol. The van der Waals surface area contributed by atoms with Gasteiger partial charge in [0.1, 0.15) is 0 Å². The number of aryl methyl sites for hydroxylation is 1. The monoisotopic (exact) mass is 281 g/mol. The van der Waals surface area contributed by atoms with Crippen LogP contribution < -0.4 is 5.32 Å². The average Bonchev–Trinajstić information content (AvgIpc) is 3.08. The molecule has 106 valence electrons. The van der Waals surface area contributed by atoms with Crippen molar-refractivity contribution in [2.24, 2.45) is 5.92 Å². The summed E-state index contributed by atoms with van der Waals surface area (Å²) in [6.07, 6.45) is 3.64. The highest BCUT2D eigenvalue weighted by Gasteiger charge is 2.30. The van der Waals surface area contributed by atoms with Gasteiger partial charge in [0.2, 0.25) is 5.91 Å². The number of aromatic nitrogens is 4. The molecule has 1 amide bonds. The summed E-state index contributed by atoms with van der Waals surface area (Å²) in [5, 5.41) is 9.91. The van der Waals surface area contributed by atoms with Crippen molar-refractivity contribution in [3.8, 4) is 11.5 Å². The highest BCUT2D eigenvalue weighted by atomic mass is 16.2. The van der Waals surface area contributed by atoms with E-state index in [1.165, 1.54) is 0 Å². The summed E-state index contributed by atoms with van der Waals surface area (Å²) in [4.78, 5) is 19.7. The number of aromatic amines is 2. The van der Waals surface area contributed by atoms with E-state index in [4.69, 9.17) is 0 Å². The Morgan fingerprint density at radius 3 is 3.05 bits per heavy atom. The number of imidazole rings is 1. The Bertz CT molecular complexity index is 828. The third-order valence-corrected chi connectivity index (χ3v) is 3.71.